The van der Waals surface area contributed by atoms with E-state index < -0.39 is 0 Å². The van der Waals surface area contributed by atoms with Gasteiger partial charge in [0.2, 0.25) is 5.91 Å². The van der Waals surface area contributed by atoms with Gasteiger partial charge in [0.05, 0.1) is 33.5 Å². The molecule has 1 aliphatic heterocycles. The van der Waals surface area contributed by atoms with Gasteiger partial charge in [-0.3, -0.25) is 9.59 Å². The van der Waals surface area contributed by atoms with E-state index in [2.05, 4.69) is 15.6 Å². The molecule has 1 aromatic heterocycles. The molecule has 6 nitrogen and oxygen atoms in total. The summed E-state index contributed by atoms with van der Waals surface area (Å²) in [5.41, 5.74) is 1.70. The van der Waals surface area contributed by atoms with E-state index in [1.165, 1.54) is 0 Å². The van der Waals surface area contributed by atoms with E-state index in [-0.39, 0.29) is 24.8 Å². The maximum absolute atomic E-state index is 12.2. The molecule has 0 radical (unpaired) electrons. The third-order valence-corrected chi connectivity index (χ3v) is 4.55. The Labute approximate surface area is 141 Å². The number of fused-ring (bicyclic) bond motifs is 1. The first-order chi connectivity index (χ1) is 10.9. The number of nitrogens with one attached hydrogen (secondary N) is 2. The lowest BCUT2D eigenvalue weighted by Gasteiger charge is -2.19. The van der Waals surface area contributed by atoms with Crippen molar-refractivity contribution in [3.8, 4) is 5.75 Å². The predicted molar refractivity (Wildman–Crippen MR) is 89.5 cm³/mol. The largest absolute Gasteiger partial charge is 0.482 e. The van der Waals surface area contributed by atoms with Crippen LogP contribution in [0.25, 0.3) is 0 Å². The van der Waals surface area contributed by atoms with Gasteiger partial charge in [0, 0.05) is 10.9 Å². The number of carbonyl (C=O) groups is 2. The Hall–Kier alpha value is -2.12. The lowest BCUT2D eigenvalue weighted by molar-refractivity contribution is -0.118. The third kappa shape index (κ3) is 3.46. The molecule has 0 spiro atoms. The zero-order chi connectivity index (χ0) is 16.6. The topological polar surface area (TPSA) is 80.3 Å². The van der Waals surface area contributed by atoms with Crippen molar-refractivity contribution in [1.82, 2.24) is 4.98 Å². The first-order valence-corrected chi connectivity index (χ1v) is 8.11. The highest BCUT2D eigenvalue weighted by Crippen LogP contribution is 2.36. The summed E-state index contributed by atoms with van der Waals surface area (Å²) < 4.78 is 5.32. The van der Waals surface area contributed by atoms with Crippen molar-refractivity contribution in [2.24, 2.45) is 0 Å². The van der Waals surface area contributed by atoms with Crippen molar-refractivity contribution in [1.29, 1.82) is 0 Å². The first kappa shape index (κ1) is 15.8. The summed E-state index contributed by atoms with van der Waals surface area (Å²) in [6, 6.07) is 3.16. The van der Waals surface area contributed by atoms with Gasteiger partial charge in [-0.25, -0.2) is 4.98 Å². The maximum atomic E-state index is 12.2. The second kappa shape index (κ2) is 6.17. The molecular formula is C15H14ClN3O3S. The summed E-state index contributed by atoms with van der Waals surface area (Å²) in [5.74, 6) is 0.0322. The summed E-state index contributed by atoms with van der Waals surface area (Å²) in [4.78, 5) is 28.9. The van der Waals surface area contributed by atoms with Gasteiger partial charge in [-0.2, -0.15) is 0 Å². The van der Waals surface area contributed by atoms with Crippen LogP contribution in [-0.4, -0.2) is 23.4 Å². The Bertz CT molecular complexity index is 804. The fourth-order valence-corrected chi connectivity index (χ4v) is 3.32. The fourth-order valence-electron chi connectivity index (χ4n) is 2.28. The van der Waals surface area contributed by atoms with Gasteiger partial charge in [0.1, 0.15) is 5.75 Å². The first-order valence-electron chi connectivity index (χ1n) is 6.91. The molecule has 0 unspecified atom stereocenters. The summed E-state index contributed by atoms with van der Waals surface area (Å²) in [6.45, 7) is 3.79. The molecule has 1 aliphatic rings. The number of benzene rings is 1. The Balaban J connectivity index is 1.76. The van der Waals surface area contributed by atoms with E-state index in [0.29, 0.717) is 22.1 Å². The van der Waals surface area contributed by atoms with Gasteiger partial charge in [-0.15, -0.1) is 11.3 Å². The molecular weight excluding hydrogens is 338 g/mol. The van der Waals surface area contributed by atoms with Crippen LogP contribution in [-0.2, 0) is 16.0 Å². The second-order valence-corrected chi connectivity index (χ2v) is 6.94. The Morgan fingerprint density at radius 1 is 1.48 bits per heavy atom. The average molecular weight is 352 g/mol. The monoisotopic (exact) mass is 351 g/mol. The van der Waals surface area contributed by atoms with E-state index in [1.54, 1.807) is 23.5 Å². The van der Waals surface area contributed by atoms with Gasteiger partial charge in [-0.1, -0.05) is 11.6 Å². The van der Waals surface area contributed by atoms with Gasteiger partial charge >= 0.3 is 0 Å². The number of ether oxygens (including phenoxy) is 1. The molecule has 120 valence electrons. The van der Waals surface area contributed by atoms with Crippen molar-refractivity contribution >= 4 is 46.1 Å². The number of rotatable bonds is 3. The lowest BCUT2D eigenvalue weighted by Crippen LogP contribution is -2.25. The van der Waals surface area contributed by atoms with Crippen LogP contribution in [0.2, 0.25) is 5.02 Å². The molecule has 1 aromatic carbocycles. The molecule has 0 fully saturated rings. The van der Waals surface area contributed by atoms with Crippen LogP contribution in [0.3, 0.4) is 0 Å². The van der Waals surface area contributed by atoms with Crippen LogP contribution in [0, 0.1) is 13.8 Å². The Morgan fingerprint density at radius 3 is 2.96 bits per heavy atom. The highest BCUT2D eigenvalue weighted by Gasteiger charge is 2.19. The van der Waals surface area contributed by atoms with Crippen molar-refractivity contribution in [3.63, 3.8) is 0 Å². The molecule has 0 atom stereocenters. The number of amides is 2. The number of hydrogen-bond acceptors (Lipinski definition) is 5. The van der Waals surface area contributed by atoms with Crippen molar-refractivity contribution in [3.05, 3.63) is 32.7 Å². The molecule has 0 saturated heterocycles. The molecule has 0 saturated carbocycles. The number of nitrogens with zero attached hydrogens (tertiary/aromatic N) is 1. The minimum absolute atomic E-state index is 0.0562. The van der Waals surface area contributed by atoms with Gasteiger partial charge in [0.25, 0.3) is 5.91 Å². The zero-order valence-electron chi connectivity index (χ0n) is 12.5. The molecule has 2 N–H and O–H groups in total. The molecule has 0 aliphatic carbocycles. The van der Waals surface area contributed by atoms with Gasteiger partial charge < -0.3 is 15.4 Å². The van der Waals surface area contributed by atoms with Crippen LogP contribution < -0.4 is 15.4 Å². The van der Waals surface area contributed by atoms with E-state index in [0.717, 1.165) is 15.6 Å². The standard InChI is InChI=1S/C15H14ClN3O3S/c1-7-10(17-8(2)23-7)5-14(20)18-11-4-13-12(3-9(11)16)19-15(21)6-22-13/h3-4H,5-6H2,1-2H3,(H,18,20)(H,19,21). The average Bonchev–Trinajstić information content (AvgIpc) is 2.78. The van der Waals surface area contributed by atoms with E-state index in [1.807, 2.05) is 13.8 Å². The number of hydrogen-bond donors (Lipinski definition) is 2. The Kier molecular flexibility index (Phi) is 4.23. The molecule has 0 bridgehead atoms. The molecule has 2 aromatic rings. The predicted octanol–water partition coefficient (Wildman–Crippen LogP) is 2.93. The van der Waals surface area contributed by atoms with Crippen molar-refractivity contribution in [2.45, 2.75) is 20.3 Å². The quantitative estimate of drug-likeness (QED) is 0.891. The normalized spacial score (nSPS) is 13.1. The SMILES string of the molecule is Cc1nc(CC(=O)Nc2cc3c(cc2Cl)NC(=O)CO3)c(C)s1. The second-order valence-electron chi connectivity index (χ2n) is 5.13. The van der Waals surface area contributed by atoms with Crippen LogP contribution >= 0.6 is 22.9 Å². The molecule has 2 amide bonds. The smallest absolute Gasteiger partial charge is 0.262 e. The minimum atomic E-state index is -0.236. The highest BCUT2D eigenvalue weighted by molar-refractivity contribution is 7.11. The van der Waals surface area contributed by atoms with E-state index in [4.69, 9.17) is 16.3 Å². The number of anilines is 2. The summed E-state index contributed by atoms with van der Waals surface area (Å²) >= 11 is 7.72. The number of aromatic nitrogens is 1. The molecule has 3 rings (SSSR count). The summed E-state index contributed by atoms with van der Waals surface area (Å²) in [7, 11) is 0. The molecule has 23 heavy (non-hydrogen) atoms. The minimum Gasteiger partial charge on any atom is -0.482 e. The number of halogens is 1. The van der Waals surface area contributed by atoms with Crippen LogP contribution in [0.1, 0.15) is 15.6 Å². The number of carbonyl (C=O) groups excluding carboxylic acids is 2. The number of thiazole rings is 1. The zero-order valence-corrected chi connectivity index (χ0v) is 14.1. The van der Waals surface area contributed by atoms with Crippen molar-refractivity contribution in [2.75, 3.05) is 17.2 Å². The summed E-state index contributed by atoms with van der Waals surface area (Å²) in [5, 5.41) is 6.68. The van der Waals surface area contributed by atoms with Crippen LogP contribution in [0.5, 0.6) is 5.75 Å². The van der Waals surface area contributed by atoms with Gasteiger partial charge in [0.15, 0.2) is 6.61 Å². The molecule has 8 heteroatoms. The van der Waals surface area contributed by atoms with E-state index in [9.17, 15) is 9.59 Å². The lowest BCUT2D eigenvalue weighted by atomic mass is 10.2. The Morgan fingerprint density at radius 2 is 2.26 bits per heavy atom. The van der Waals surface area contributed by atoms with Crippen LogP contribution in [0.15, 0.2) is 12.1 Å². The highest BCUT2D eigenvalue weighted by atomic mass is 35.5. The molecule has 2 heterocycles. The van der Waals surface area contributed by atoms with Crippen molar-refractivity contribution < 1.29 is 14.3 Å². The van der Waals surface area contributed by atoms with Gasteiger partial charge in [-0.05, 0) is 19.9 Å². The fraction of sp³-hybridized carbons (Fsp3) is 0.267. The van der Waals surface area contributed by atoms with E-state index >= 15 is 0 Å². The van der Waals surface area contributed by atoms with Crippen LogP contribution in [0.4, 0.5) is 11.4 Å². The number of aryl methyl sites for hydroxylation is 2. The summed E-state index contributed by atoms with van der Waals surface area (Å²) in [6.07, 6.45) is 0.182. The third-order valence-electron chi connectivity index (χ3n) is 3.30. The maximum Gasteiger partial charge on any atom is 0.262 e.